The van der Waals surface area contributed by atoms with E-state index in [0.29, 0.717) is 12.1 Å². The van der Waals surface area contributed by atoms with Gasteiger partial charge in [0, 0.05) is 24.4 Å². The molecule has 0 aliphatic heterocycles. The number of nitrogens with one attached hydrogen (secondary N) is 1. The van der Waals surface area contributed by atoms with Crippen LogP contribution in [0.2, 0.25) is 0 Å². The molecule has 26 heavy (non-hydrogen) atoms. The average Bonchev–Trinajstić information content (AvgIpc) is 2.52. The summed E-state index contributed by atoms with van der Waals surface area (Å²) in [6.45, 7) is 8.49. The van der Waals surface area contributed by atoms with Crippen LogP contribution in [0.5, 0.6) is 5.75 Å². The van der Waals surface area contributed by atoms with Gasteiger partial charge in [-0.2, -0.15) is 0 Å². The minimum absolute atomic E-state index is 0. The molecule has 2 aromatic carbocycles. The van der Waals surface area contributed by atoms with Crippen LogP contribution in [0.3, 0.4) is 0 Å². The molecule has 0 aromatic heterocycles. The second kappa shape index (κ2) is 8.42. The van der Waals surface area contributed by atoms with Crippen molar-refractivity contribution in [1.82, 2.24) is 5.32 Å². The first-order valence-corrected chi connectivity index (χ1v) is 10.2. The van der Waals surface area contributed by atoms with Crippen molar-refractivity contribution in [3.8, 4) is 5.75 Å². The number of rotatable bonds is 5. The van der Waals surface area contributed by atoms with Gasteiger partial charge in [0.1, 0.15) is 10.6 Å². The summed E-state index contributed by atoms with van der Waals surface area (Å²) in [4.78, 5) is -0.0101. The Morgan fingerprint density at radius 3 is 2.19 bits per heavy atom. The summed E-state index contributed by atoms with van der Waals surface area (Å²) in [7, 11) is -3.51. The molecule has 0 aliphatic carbocycles. The lowest BCUT2D eigenvalue weighted by Crippen LogP contribution is -2.20. The zero-order valence-corrected chi connectivity index (χ0v) is 17.5. The van der Waals surface area contributed by atoms with Gasteiger partial charge in [0.2, 0.25) is 0 Å². The van der Waals surface area contributed by atoms with Gasteiger partial charge >= 0.3 is 0 Å². The molecule has 0 saturated heterocycles. The number of benzene rings is 2. The van der Waals surface area contributed by atoms with Crippen molar-refractivity contribution < 1.29 is 13.5 Å². The molecule has 0 heterocycles. The largest absolute Gasteiger partial charge is 0.506 e. The maximum atomic E-state index is 12.1. The fraction of sp³-hybridized carbons (Fsp3) is 0.400. The Bertz CT molecular complexity index is 843. The zero-order valence-electron chi connectivity index (χ0n) is 15.9. The Hall–Kier alpha value is -1.56. The Kier molecular flexibility index (Phi) is 7.28. The van der Waals surface area contributed by atoms with Gasteiger partial charge in [0.05, 0.1) is 0 Å². The summed E-state index contributed by atoms with van der Waals surface area (Å²) < 4.78 is 24.1. The normalized spacial score (nSPS) is 13.1. The molecule has 4 nitrogen and oxygen atoms in total. The number of halogens is 1. The van der Waals surface area contributed by atoms with E-state index in [-0.39, 0.29) is 34.5 Å². The van der Waals surface area contributed by atoms with Crippen molar-refractivity contribution >= 4 is 22.2 Å². The topological polar surface area (TPSA) is 66.4 Å². The van der Waals surface area contributed by atoms with Gasteiger partial charge in [0.25, 0.3) is 0 Å². The third kappa shape index (κ3) is 5.47. The van der Waals surface area contributed by atoms with Crippen LogP contribution < -0.4 is 5.32 Å². The molecule has 2 N–H and O–H groups in total. The van der Waals surface area contributed by atoms with Crippen molar-refractivity contribution in [2.24, 2.45) is 0 Å². The van der Waals surface area contributed by atoms with Crippen molar-refractivity contribution in [3.63, 3.8) is 0 Å². The molecule has 6 heteroatoms. The third-order valence-corrected chi connectivity index (χ3v) is 5.43. The van der Waals surface area contributed by atoms with Gasteiger partial charge in [-0.3, -0.25) is 0 Å². The van der Waals surface area contributed by atoms with Crippen LogP contribution in [-0.2, 0) is 21.8 Å². The first kappa shape index (κ1) is 22.5. The van der Waals surface area contributed by atoms with Crippen molar-refractivity contribution in [2.75, 3.05) is 6.26 Å². The summed E-state index contributed by atoms with van der Waals surface area (Å²) in [5, 5.41) is 13.8. The van der Waals surface area contributed by atoms with Crippen molar-refractivity contribution in [2.45, 2.75) is 50.6 Å². The Balaban J connectivity index is 0.00000338. The lowest BCUT2D eigenvalue weighted by molar-refractivity contribution is 0.442. The molecule has 0 bridgehead atoms. The van der Waals surface area contributed by atoms with Crippen LogP contribution in [0.4, 0.5) is 0 Å². The number of aromatic hydroxyl groups is 1. The number of phenolic OH excluding ortho intramolecular Hbond substituents is 1. The first-order valence-electron chi connectivity index (χ1n) is 8.35. The summed E-state index contributed by atoms with van der Waals surface area (Å²) in [5.74, 6) is -0.164. The minimum atomic E-state index is -3.51. The van der Waals surface area contributed by atoms with E-state index in [1.807, 2.05) is 64.1 Å². The summed E-state index contributed by atoms with van der Waals surface area (Å²) in [6.07, 6.45) is 1.12. The molecule has 0 spiro atoms. The fourth-order valence-corrected chi connectivity index (χ4v) is 3.46. The number of hydrogen-bond acceptors (Lipinski definition) is 4. The lowest BCUT2D eigenvalue weighted by atomic mass is 9.86. The van der Waals surface area contributed by atoms with Crippen LogP contribution in [0.25, 0.3) is 0 Å². The van der Waals surface area contributed by atoms with Gasteiger partial charge in [-0.15, -0.1) is 12.4 Å². The van der Waals surface area contributed by atoms with Crippen LogP contribution in [-0.4, -0.2) is 19.8 Å². The number of sulfone groups is 1. The van der Waals surface area contributed by atoms with E-state index in [4.69, 9.17) is 0 Å². The molecule has 0 radical (unpaired) electrons. The summed E-state index contributed by atoms with van der Waals surface area (Å²) >= 11 is 0. The average molecular weight is 398 g/mol. The highest BCUT2D eigenvalue weighted by Gasteiger charge is 2.23. The minimum Gasteiger partial charge on any atom is -0.506 e. The Labute approximate surface area is 163 Å². The van der Waals surface area contributed by atoms with E-state index < -0.39 is 9.84 Å². The van der Waals surface area contributed by atoms with Gasteiger partial charge in [-0.05, 0) is 29.5 Å². The van der Waals surface area contributed by atoms with E-state index in [0.717, 1.165) is 17.4 Å². The predicted octanol–water partition coefficient (Wildman–Crippen LogP) is 4.37. The van der Waals surface area contributed by atoms with Crippen LogP contribution in [0.1, 0.15) is 50.4 Å². The Morgan fingerprint density at radius 2 is 1.69 bits per heavy atom. The smallest absolute Gasteiger partial charge is 0.179 e. The standard InChI is InChI=1S/C20H27NO3S.ClH/c1-14(15-9-7-6-8-10-15)21-13-16-11-17(20(2,3)4)12-18(19(16)22)25(5,23)24;/h6-12,14,21-22H,13H2,1-5H3;1H. The van der Waals surface area contributed by atoms with Gasteiger partial charge < -0.3 is 10.4 Å². The molecule has 2 aromatic rings. The Morgan fingerprint density at radius 1 is 1.12 bits per heavy atom. The molecule has 0 amide bonds. The van der Waals surface area contributed by atoms with E-state index in [2.05, 4.69) is 5.32 Å². The predicted molar refractivity (Wildman–Crippen MR) is 109 cm³/mol. The number of hydrogen-bond donors (Lipinski definition) is 2. The summed E-state index contributed by atoms with van der Waals surface area (Å²) in [6, 6.07) is 13.5. The van der Waals surface area contributed by atoms with Gasteiger partial charge in [-0.25, -0.2) is 8.42 Å². The molecule has 0 aliphatic rings. The maximum absolute atomic E-state index is 12.1. The molecule has 0 fully saturated rings. The van der Waals surface area contributed by atoms with Crippen LogP contribution in [0.15, 0.2) is 47.4 Å². The van der Waals surface area contributed by atoms with Crippen LogP contribution in [0, 0.1) is 0 Å². The SMILES string of the molecule is CC(NCc1cc(C(C)(C)C)cc(S(C)(=O)=O)c1O)c1ccccc1.Cl. The molecule has 144 valence electrons. The monoisotopic (exact) mass is 397 g/mol. The zero-order chi connectivity index (χ0) is 18.8. The maximum Gasteiger partial charge on any atom is 0.179 e. The second-order valence-corrected chi connectivity index (χ2v) is 9.50. The molecule has 0 saturated carbocycles. The highest BCUT2D eigenvalue weighted by Crippen LogP contribution is 2.34. The molecule has 1 unspecified atom stereocenters. The summed E-state index contributed by atoms with van der Waals surface area (Å²) in [5.41, 5.74) is 2.40. The van der Waals surface area contributed by atoms with E-state index in [9.17, 15) is 13.5 Å². The highest BCUT2D eigenvalue weighted by molar-refractivity contribution is 7.90. The number of phenols is 1. The molecule has 2 rings (SSSR count). The molecular weight excluding hydrogens is 370 g/mol. The third-order valence-electron chi connectivity index (χ3n) is 4.32. The van der Waals surface area contributed by atoms with Crippen molar-refractivity contribution in [3.05, 3.63) is 59.2 Å². The first-order chi connectivity index (χ1) is 11.5. The quantitative estimate of drug-likeness (QED) is 0.786. The van der Waals surface area contributed by atoms with Gasteiger partial charge in [-0.1, -0.05) is 57.2 Å². The highest BCUT2D eigenvalue weighted by atomic mass is 35.5. The second-order valence-electron chi connectivity index (χ2n) is 7.52. The van der Waals surface area contributed by atoms with Gasteiger partial charge in [0.15, 0.2) is 9.84 Å². The van der Waals surface area contributed by atoms with E-state index >= 15 is 0 Å². The molecular formula is C20H28ClNO3S. The van der Waals surface area contributed by atoms with E-state index in [1.165, 1.54) is 0 Å². The lowest BCUT2D eigenvalue weighted by Gasteiger charge is -2.23. The van der Waals surface area contributed by atoms with Crippen LogP contribution >= 0.6 is 12.4 Å². The van der Waals surface area contributed by atoms with Crippen molar-refractivity contribution in [1.29, 1.82) is 0 Å². The fourth-order valence-electron chi connectivity index (χ4n) is 2.64. The molecule has 1 atom stereocenters. The van der Waals surface area contributed by atoms with E-state index in [1.54, 1.807) is 6.07 Å².